The first-order chi connectivity index (χ1) is 8.75. The Morgan fingerprint density at radius 3 is 3.11 bits per heavy atom. The molecule has 1 aromatic rings. The van der Waals surface area contributed by atoms with E-state index in [1.807, 2.05) is 6.20 Å². The molecule has 1 fully saturated rings. The van der Waals surface area contributed by atoms with Gasteiger partial charge in [0.15, 0.2) is 0 Å². The van der Waals surface area contributed by atoms with Crippen LogP contribution in [0.1, 0.15) is 36.9 Å². The van der Waals surface area contributed by atoms with Crippen LogP contribution in [-0.4, -0.2) is 47.8 Å². The fourth-order valence-corrected chi connectivity index (χ4v) is 2.66. The average molecular weight is 250 g/mol. The van der Waals surface area contributed by atoms with E-state index in [0.29, 0.717) is 0 Å². The number of H-pyrrole nitrogens is 1. The molecule has 1 atom stereocenters. The third-order valence-corrected chi connectivity index (χ3v) is 3.94. The van der Waals surface area contributed by atoms with Crippen molar-refractivity contribution in [1.82, 2.24) is 20.4 Å². The third-order valence-electron chi connectivity index (χ3n) is 3.94. The summed E-state index contributed by atoms with van der Waals surface area (Å²) in [6.45, 7) is 5.71. The van der Waals surface area contributed by atoms with Gasteiger partial charge in [-0.05, 0) is 71.3 Å². The molecule has 18 heavy (non-hydrogen) atoms. The van der Waals surface area contributed by atoms with Crippen molar-refractivity contribution >= 4 is 0 Å². The lowest BCUT2D eigenvalue weighted by Gasteiger charge is -2.16. The first-order valence-electron chi connectivity index (χ1n) is 7.16. The van der Waals surface area contributed by atoms with Gasteiger partial charge >= 0.3 is 0 Å². The van der Waals surface area contributed by atoms with E-state index in [0.717, 1.165) is 19.0 Å². The second-order valence-corrected chi connectivity index (χ2v) is 5.51. The molecule has 1 unspecified atom stereocenters. The molecule has 0 amide bonds. The smallest absolute Gasteiger partial charge is 0.0522 e. The average Bonchev–Trinajstić information content (AvgIpc) is 2.64. The minimum absolute atomic E-state index is 0.723. The second-order valence-electron chi connectivity index (χ2n) is 5.51. The van der Waals surface area contributed by atoms with Crippen LogP contribution in [0.5, 0.6) is 0 Å². The molecule has 102 valence electrons. The molecule has 2 N–H and O–H groups in total. The summed E-state index contributed by atoms with van der Waals surface area (Å²) in [5.41, 5.74) is 2.57. The minimum atomic E-state index is 0.723. The van der Waals surface area contributed by atoms with Gasteiger partial charge in [0.05, 0.1) is 6.20 Å². The Labute approximate surface area is 110 Å². The molecule has 0 bridgehead atoms. The summed E-state index contributed by atoms with van der Waals surface area (Å²) >= 11 is 0. The van der Waals surface area contributed by atoms with Gasteiger partial charge in [0.25, 0.3) is 0 Å². The van der Waals surface area contributed by atoms with Crippen molar-refractivity contribution in [3.8, 4) is 0 Å². The highest BCUT2D eigenvalue weighted by Gasteiger charge is 2.13. The summed E-state index contributed by atoms with van der Waals surface area (Å²) in [6, 6.07) is 0.723. The number of nitrogens with one attached hydrogen (secondary N) is 2. The molecule has 0 aliphatic carbocycles. The molecule has 1 aliphatic heterocycles. The lowest BCUT2D eigenvalue weighted by atomic mass is 10.1. The van der Waals surface area contributed by atoms with Crippen LogP contribution in [-0.2, 0) is 6.42 Å². The molecule has 2 heterocycles. The van der Waals surface area contributed by atoms with E-state index in [4.69, 9.17) is 0 Å². The Kier molecular flexibility index (Phi) is 5.20. The number of hydrogen-bond donors (Lipinski definition) is 2. The first-order valence-corrected chi connectivity index (χ1v) is 7.16. The SMILES string of the molecule is Cc1[nH]ncc1CCCNC1CCCN(C)CC1. The maximum Gasteiger partial charge on any atom is 0.0522 e. The Bertz CT molecular complexity index is 347. The first kappa shape index (κ1) is 13.6. The molecule has 0 radical (unpaired) electrons. The summed E-state index contributed by atoms with van der Waals surface area (Å²) in [4.78, 5) is 2.44. The van der Waals surface area contributed by atoms with Crippen molar-refractivity contribution in [2.24, 2.45) is 0 Å². The Balaban J connectivity index is 1.62. The van der Waals surface area contributed by atoms with Gasteiger partial charge in [-0.1, -0.05) is 0 Å². The van der Waals surface area contributed by atoms with Crippen LogP contribution >= 0.6 is 0 Å². The largest absolute Gasteiger partial charge is 0.314 e. The molecule has 1 aromatic heterocycles. The molecule has 1 aliphatic rings. The van der Waals surface area contributed by atoms with Gasteiger partial charge in [-0.2, -0.15) is 5.10 Å². The van der Waals surface area contributed by atoms with E-state index in [1.165, 1.54) is 50.0 Å². The quantitative estimate of drug-likeness (QED) is 0.782. The number of aromatic amines is 1. The molecule has 0 aromatic carbocycles. The molecular weight excluding hydrogens is 224 g/mol. The predicted molar refractivity (Wildman–Crippen MR) is 74.8 cm³/mol. The van der Waals surface area contributed by atoms with E-state index >= 15 is 0 Å². The molecule has 4 nitrogen and oxygen atoms in total. The summed E-state index contributed by atoms with van der Waals surface area (Å²) in [6.07, 6.45) is 8.23. The lowest BCUT2D eigenvalue weighted by molar-refractivity contribution is 0.343. The van der Waals surface area contributed by atoms with E-state index in [9.17, 15) is 0 Å². The van der Waals surface area contributed by atoms with Gasteiger partial charge in [-0.15, -0.1) is 0 Å². The number of nitrogens with zero attached hydrogens (tertiary/aromatic N) is 2. The Morgan fingerprint density at radius 2 is 2.33 bits per heavy atom. The van der Waals surface area contributed by atoms with Gasteiger partial charge in [0.2, 0.25) is 0 Å². The van der Waals surface area contributed by atoms with Crippen molar-refractivity contribution in [1.29, 1.82) is 0 Å². The second kappa shape index (κ2) is 6.90. The third kappa shape index (κ3) is 4.10. The number of hydrogen-bond acceptors (Lipinski definition) is 3. The van der Waals surface area contributed by atoms with Crippen LogP contribution in [0.3, 0.4) is 0 Å². The van der Waals surface area contributed by atoms with Crippen molar-refractivity contribution in [3.63, 3.8) is 0 Å². The van der Waals surface area contributed by atoms with Crippen molar-refractivity contribution in [3.05, 3.63) is 17.5 Å². The molecule has 4 heteroatoms. The number of aromatic nitrogens is 2. The minimum Gasteiger partial charge on any atom is -0.314 e. The van der Waals surface area contributed by atoms with Crippen molar-refractivity contribution in [2.45, 2.75) is 45.1 Å². The highest BCUT2D eigenvalue weighted by atomic mass is 15.1. The van der Waals surface area contributed by atoms with Crippen LogP contribution in [0.15, 0.2) is 6.20 Å². The van der Waals surface area contributed by atoms with Crippen LogP contribution < -0.4 is 5.32 Å². The monoisotopic (exact) mass is 250 g/mol. The Morgan fingerprint density at radius 1 is 1.44 bits per heavy atom. The maximum absolute atomic E-state index is 4.06. The molecule has 2 rings (SSSR count). The van der Waals surface area contributed by atoms with E-state index < -0.39 is 0 Å². The van der Waals surface area contributed by atoms with Gasteiger partial charge in [-0.25, -0.2) is 0 Å². The molecule has 0 saturated carbocycles. The van der Waals surface area contributed by atoms with Crippen molar-refractivity contribution < 1.29 is 0 Å². The van der Waals surface area contributed by atoms with Crippen LogP contribution in [0.25, 0.3) is 0 Å². The highest BCUT2D eigenvalue weighted by Crippen LogP contribution is 2.10. The summed E-state index contributed by atoms with van der Waals surface area (Å²) in [5, 5.41) is 10.8. The van der Waals surface area contributed by atoms with Gasteiger partial charge < -0.3 is 10.2 Å². The summed E-state index contributed by atoms with van der Waals surface area (Å²) < 4.78 is 0. The number of likely N-dealkylation sites (tertiary alicyclic amines) is 1. The van der Waals surface area contributed by atoms with Crippen LogP contribution in [0.2, 0.25) is 0 Å². The number of rotatable bonds is 5. The van der Waals surface area contributed by atoms with Gasteiger partial charge in [0, 0.05) is 11.7 Å². The van der Waals surface area contributed by atoms with E-state index in [2.05, 4.69) is 34.4 Å². The van der Waals surface area contributed by atoms with Gasteiger partial charge in [0.1, 0.15) is 0 Å². The van der Waals surface area contributed by atoms with Crippen molar-refractivity contribution in [2.75, 3.05) is 26.7 Å². The molecule has 1 saturated heterocycles. The zero-order chi connectivity index (χ0) is 12.8. The lowest BCUT2D eigenvalue weighted by Crippen LogP contribution is -2.31. The highest BCUT2D eigenvalue weighted by molar-refractivity contribution is 5.14. The zero-order valence-corrected chi connectivity index (χ0v) is 11.7. The van der Waals surface area contributed by atoms with Crippen LogP contribution in [0, 0.1) is 6.92 Å². The summed E-state index contributed by atoms with van der Waals surface area (Å²) in [7, 11) is 2.23. The summed E-state index contributed by atoms with van der Waals surface area (Å²) in [5.74, 6) is 0. The fraction of sp³-hybridized carbons (Fsp3) is 0.786. The zero-order valence-electron chi connectivity index (χ0n) is 11.7. The number of aryl methyl sites for hydroxylation is 2. The fourth-order valence-electron chi connectivity index (χ4n) is 2.66. The topological polar surface area (TPSA) is 44.0 Å². The van der Waals surface area contributed by atoms with Crippen LogP contribution in [0.4, 0.5) is 0 Å². The van der Waals surface area contributed by atoms with E-state index in [-0.39, 0.29) is 0 Å². The molecule has 0 spiro atoms. The normalized spacial score (nSPS) is 22.0. The maximum atomic E-state index is 4.06. The standard InChI is InChI=1S/C14H26N4/c1-12-13(11-16-17-12)5-3-8-15-14-6-4-9-18(2)10-7-14/h11,14-15H,3-10H2,1-2H3,(H,16,17). The Hall–Kier alpha value is -0.870. The van der Waals surface area contributed by atoms with Gasteiger partial charge in [-0.3, -0.25) is 5.10 Å². The molecular formula is C14H26N4. The predicted octanol–water partition coefficient (Wildman–Crippen LogP) is 1.72. The van der Waals surface area contributed by atoms with E-state index in [1.54, 1.807) is 0 Å².